The van der Waals surface area contributed by atoms with Crippen molar-refractivity contribution in [1.82, 2.24) is 29.7 Å². The van der Waals surface area contributed by atoms with Gasteiger partial charge >= 0.3 is 0 Å². The van der Waals surface area contributed by atoms with Crippen LogP contribution in [0.15, 0.2) is 73.2 Å². The molecule has 0 spiro atoms. The minimum Gasteiger partial charge on any atom is -0.474 e. The monoisotopic (exact) mass is 797 g/mol. The number of hydrogen-bond donors (Lipinski definition) is 1. The summed E-state index contributed by atoms with van der Waals surface area (Å²) in [6.45, 7) is 2.31. The molecule has 10 rings (SSSR count). The minimum absolute atomic E-state index is 0.00382. The van der Waals surface area contributed by atoms with Gasteiger partial charge in [0, 0.05) is 105 Å². The van der Waals surface area contributed by atoms with Crippen LogP contribution < -0.4 is 15.0 Å². The summed E-state index contributed by atoms with van der Waals surface area (Å²) in [6, 6.07) is 16.5. The molecule has 0 radical (unpaired) electrons. The predicted octanol–water partition coefficient (Wildman–Crippen LogP) is 4.01. The summed E-state index contributed by atoms with van der Waals surface area (Å²) in [5.74, 6) is -1.56. The van der Waals surface area contributed by atoms with Gasteiger partial charge in [0.15, 0.2) is 0 Å². The van der Waals surface area contributed by atoms with Crippen molar-refractivity contribution in [1.29, 1.82) is 0 Å². The number of pyridine rings is 2. The van der Waals surface area contributed by atoms with E-state index in [9.17, 15) is 24.0 Å². The van der Waals surface area contributed by atoms with Crippen molar-refractivity contribution in [2.45, 2.75) is 69.0 Å². The molecule has 59 heavy (non-hydrogen) atoms. The van der Waals surface area contributed by atoms with Gasteiger partial charge in [0.1, 0.15) is 18.8 Å². The van der Waals surface area contributed by atoms with Gasteiger partial charge in [-0.2, -0.15) is 0 Å². The fraction of sp³-hybridized carbons (Fsp3) is 0.386. The molecule has 4 fully saturated rings. The number of hydrogen-bond acceptors (Lipinski definition) is 11. The van der Waals surface area contributed by atoms with Crippen molar-refractivity contribution in [2.24, 2.45) is 7.05 Å². The molecular weight excluding hydrogens is 755 g/mol. The molecule has 5 aromatic rings. The number of piperidine rings is 2. The van der Waals surface area contributed by atoms with E-state index in [1.54, 1.807) is 18.2 Å². The molecule has 1 saturated carbocycles. The van der Waals surface area contributed by atoms with Crippen LogP contribution in [0.2, 0.25) is 0 Å². The molecule has 3 saturated heterocycles. The second kappa shape index (κ2) is 14.9. The van der Waals surface area contributed by atoms with Crippen molar-refractivity contribution in [3.63, 3.8) is 0 Å². The average Bonchev–Trinajstić information content (AvgIpc) is 3.64. The maximum atomic E-state index is 13.2. The standard InChI is InChI=1S/C44H43N7O8/c1-48-36-10-13-45-21-35(36)32-5-2-25(16-38(32)48)26-3-9-40(46-20-26)59-30-18-29(19-30)58-28-11-14-49(15-12-28)41(53)24-57-31-22-50(23-31)27-4-6-33-34(17-27)44(56)51(43(33)55)37-7-8-39(52)47-42(37)54/h2-6,9-10,13,16-17,20-21,28-31,37H,7-8,11-12,14-15,18-19,22-24H2,1H3,(H,47,52,54)/t29-,30-,37?. The second-order valence-corrected chi connectivity index (χ2v) is 16.1. The van der Waals surface area contributed by atoms with Crippen molar-refractivity contribution in [3.8, 4) is 17.0 Å². The molecule has 1 atom stereocenters. The lowest BCUT2D eigenvalue weighted by Crippen LogP contribution is -2.54. The third-order valence-corrected chi connectivity index (χ3v) is 12.5. The van der Waals surface area contributed by atoms with E-state index < -0.39 is 29.7 Å². The number of aromatic nitrogens is 3. The van der Waals surface area contributed by atoms with Crippen LogP contribution in [0.5, 0.6) is 5.88 Å². The number of fused-ring (bicyclic) bond motifs is 4. The van der Waals surface area contributed by atoms with Crippen molar-refractivity contribution in [3.05, 3.63) is 84.3 Å². The second-order valence-electron chi connectivity index (χ2n) is 16.1. The van der Waals surface area contributed by atoms with Gasteiger partial charge in [0.05, 0.1) is 35.0 Å². The number of imide groups is 2. The summed E-state index contributed by atoms with van der Waals surface area (Å²) in [5, 5.41) is 4.53. The number of nitrogens with zero attached hydrogens (tertiary/aromatic N) is 6. The number of nitrogens with one attached hydrogen (secondary N) is 1. The van der Waals surface area contributed by atoms with E-state index in [2.05, 4.69) is 45.1 Å². The van der Waals surface area contributed by atoms with E-state index in [0.29, 0.717) is 32.1 Å². The van der Waals surface area contributed by atoms with Gasteiger partial charge in [-0.1, -0.05) is 12.1 Å². The van der Waals surface area contributed by atoms with Crippen molar-refractivity contribution in [2.75, 3.05) is 37.7 Å². The number of rotatable bonds is 10. The maximum absolute atomic E-state index is 13.2. The third-order valence-electron chi connectivity index (χ3n) is 12.5. The van der Waals surface area contributed by atoms with Gasteiger partial charge in [-0.25, -0.2) is 4.98 Å². The predicted molar refractivity (Wildman–Crippen MR) is 215 cm³/mol. The molecule has 0 bridgehead atoms. The van der Waals surface area contributed by atoms with Crippen LogP contribution in [0.4, 0.5) is 5.69 Å². The van der Waals surface area contributed by atoms with E-state index >= 15 is 0 Å². The largest absolute Gasteiger partial charge is 0.474 e. The summed E-state index contributed by atoms with van der Waals surface area (Å²) in [7, 11) is 2.08. The number of anilines is 1. The van der Waals surface area contributed by atoms with Crippen molar-refractivity contribution < 1.29 is 38.2 Å². The van der Waals surface area contributed by atoms with Gasteiger partial charge in [-0.15, -0.1) is 0 Å². The normalized spacial score (nSPS) is 22.5. The zero-order chi connectivity index (χ0) is 40.4. The van der Waals surface area contributed by atoms with Gasteiger partial charge < -0.3 is 28.6 Å². The number of aryl methyl sites for hydroxylation is 1. The molecule has 1 N–H and O–H groups in total. The maximum Gasteiger partial charge on any atom is 0.262 e. The molecule has 7 heterocycles. The average molecular weight is 798 g/mol. The first-order valence-corrected chi connectivity index (χ1v) is 20.3. The molecule has 1 aliphatic carbocycles. The van der Waals surface area contributed by atoms with Crippen molar-refractivity contribution >= 4 is 57.0 Å². The molecule has 302 valence electrons. The number of likely N-dealkylation sites (tertiary alicyclic amines) is 1. The minimum atomic E-state index is -1.00. The lowest BCUT2D eigenvalue weighted by Gasteiger charge is -2.41. The lowest BCUT2D eigenvalue weighted by molar-refractivity contribution is -0.145. The summed E-state index contributed by atoms with van der Waals surface area (Å²) in [4.78, 5) is 76.9. The highest BCUT2D eigenvalue weighted by Gasteiger charge is 2.45. The first kappa shape index (κ1) is 37.1. The Hall–Kier alpha value is -6.19. The quantitative estimate of drug-likeness (QED) is 0.203. The number of benzene rings is 2. The topological polar surface area (TPSA) is 166 Å². The number of ether oxygens (including phenoxy) is 3. The number of carbonyl (C=O) groups is 5. The molecule has 15 heteroatoms. The Bertz CT molecular complexity index is 2520. The molecule has 1 unspecified atom stereocenters. The molecule has 4 aliphatic heterocycles. The van der Waals surface area contributed by atoms with Crippen LogP contribution in [-0.4, -0.2) is 117 Å². The summed E-state index contributed by atoms with van der Waals surface area (Å²) in [6.07, 6.45) is 9.09. The highest BCUT2D eigenvalue weighted by molar-refractivity contribution is 6.23. The lowest BCUT2D eigenvalue weighted by atomic mass is 9.91. The fourth-order valence-corrected chi connectivity index (χ4v) is 8.95. The molecule has 5 amide bonds. The van der Waals surface area contributed by atoms with Crippen LogP contribution in [0.3, 0.4) is 0 Å². The Morgan fingerprint density at radius 2 is 1.59 bits per heavy atom. The van der Waals surface area contributed by atoms with E-state index in [4.69, 9.17) is 14.2 Å². The fourth-order valence-electron chi connectivity index (χ4n) is 8.95. The Kier molecular flexibility index (Phi) is 9.36. The summed E-state index contributed by atoms with van der Waals surface area (Å²) < 4.78 is 20.7. The molecule has 15 nitrogen and oxygen atoms in total. The Morgan fingerprint density at radius 3 is 2.37 bits per heavy atom. The zero-order valence-corrected chi connectivity index (χ0v) is 32.5. The van der Waals surface area contributed by atoms with Gasteiger partial charge in [-0.3, -0.25) is 39.2 Å². The van der Waals surface area contributed by atoms with Crippen LogP contribution in [0, 0.1) is 0 Å². The number of carbonyl (C=O) groups excluding carboxylic acids is 5. The molecule has 5 aliphatic rings. The first-order valence-electron chi connectivity index (χ1n) is 20.3. The van der Waals surface area contributed by atoms with Crippen LogP contribution in [0.25, 0.3) is 32.9 Å². The van der Waals surface area contributed by atoms with E-state index in [1.807, 2.05) is 46.6 Å². The smallest absolute Gasteiger partial charge is 0.262 e. The zero-order valence-electron chi connectivity index (χ0n) is 32.5. The molecule has 2 aromatic carbocycles. The SMILES string of the molecule is Cn1c2ccncc2c2ccc(-c3ccc(O[C@H]4C[C@H](OC5CCN(C(=O)COC6CN(c7ccc8c(c7)C(=O)N(C7CCC(=O)NC7=O)C8=O)C6)CC5)C4)nc3)cc21. The molecular formula is C44H43N7O8. The third kappa shape index (κ3) is 6.87. The molecule has 3 aromatic heterocycles. The Morgan fingerprint density at radius 1 is 0.797 bits per heavy atom. The summed E-state index contributed by atoms with van der Waals surface area (Å²) in [5.41, 5.74) is 5.65. The summed E-state index contributed by atoms with van der Waals surface area (Å²) >= 11 is 0. The first-order chi connectivity index (χ1) is 28.7. The van der Waals surface area contributed by atoms with E-state index in [0.717, 1.165) is 63.8 Å². The van der Waals surface area contributed by atoms with Crippen LogP contribution in [-0.2, 0) is 30.9 Å². The Balaban J connectivity index is 0.632. The van der Waals surface area contributed by atoms with E-state index in [1.165, 1.54) is 5.39 Å². The van der Waals surface area contributed by atoms with Gasteiger partial charge in [0.25, 0.3) is 11.8 Å². The highest BCUT2D eigenvalue weighted by atomic mass is 16.5. The van der Waals surface area contributed by atoms with Crippen LogP contribution >= 0.6 is 0 Å². The highest BCUT2D eigenvalue weighted by Crippen LogP contribution is 2.35. The Labute approximate surface area is 339 Å². The van der Waals surface area contributed by atoms with E-state index in [-0.39, 0.29) is 60.9 Å². The van der Waals surface area contributed by atoms with Gasteiger partial charge in [-0.05, 0) is 61.2 Å². The van der Waals surface area contributed by atoms with Crippen LogP contribution in [0.1, 0.15) is 59.2 Å². The van der Waals surface area contributed by atoms with Gasteiger partial charge in [0.2, 0.25) is 23.6 Å². The number of amides is 5.